The molecule has 1 fully saturated rings. The Balaban J connectivity index is 1.60. The maximum atomic E-state index is 13.6. The van der Waals surface area contributed by atoms with Crippen molar-refractivity contribution in [3.63, 3.8) is 0 Å². The van der Waals surface area contributed by atoms with Gasteiger partial charge in [0.2, 0.25) is 0 Å². The first-order valence-electron chi connectivity index (χ1n) is 7.26. The molecule has 3 nitrogen and oxygen atoms in total. The quantitative estimate of drug-likeness (QED) is 0.576. The molecule has 0 unspecified atom stereocenters. The van der Waals surface area contributed by atoms with E-state index in [4.69, 9.17) is 17.0 Å². The minimum absolute atomic E-state index is 0.335. The minimum Gasteiger partial charge on any atom is -0.378 e. The van der Waals surface area contributed by atoms with Crippen LogP contribution < -0.4 is 10.6 Å². The van der Waals surface area contributed by atoms with Crippen molar-refractivity contribution in [3.8, 4) is 0 Å². The summed E-state index contributed by atoms with van der Waals surface area (Å²) < 4.78 is 20.1. The van der Waals surface area contributed by atoms with Gasteiger partial charge < -0.3 is 15.4 Å². The average molecular weight is 375 g/mol. The first-order valence-corrected chi connectivity index (χ1v) is 8.47. The summed E-state index contributed by atoms with van der Waals surface area (Å²) in [4.78, 5) is 0. The van der Waals surface area contributed by atoms with Gasteiger partial charge in [-0.2, -0.15) is 0 Å². The number of hydrogen-bond acceptors (Lipinski definition) is 2. The molecule has 2 N–H and O–H groups in total. The van der Waals surface area contributed by atoms with Gasteiger partial charge in [-0.25, -0.2) is 4.39 Å². The fourth-order valence-corrected chi connectivity index (χ4v) is 2.88. The van der Waals surface area contributed by atoms with Crippen LogP contribution in [-0.4, -0.2) is 24.4 Å². The summed E-state index contributed by atoms with van der Waals surface area (Å²) in [5.41, 5.74) is 0.373. The summed E-state index contributed by atoms with van der Waals surface area (Å²) >= 11 is 8.36. The fourth-order valence-electron chi connectivity index (χ4n) is 2.34. The SMILES string of the molecule is Fc1cc(Br)ccc1NC(=S)NCCCOC1CCCC1. The van der Waals surface area contributed by atoms with Crippen molar-refractivity contribution in [2.24, 2.45) is 0 Å². The second kappa shape index (κ2) is 8.66. The van der Waals surface area contributed by atoms with E-state index in [0.717, 1.165) is 19.6 Å². The van der Waals surface area contributed by atoms with E-state index in [9.17, 15) is 4.39 Å². The monoisotopic (exact) mass is 374 g/mol. The van der Waals surface area contributed by atoms with E-state index in [1.54, 1.807) is 12.1 Å². The van der Waals surface area contributed by atoms with Gasteiger partial charge >= 0.3 is 0 Å². The molecule has 0 saturated heterocycles. The highest BCUT2D eigenvalue weighted by Crippen LogP contribution is 2.21. The summed E-state index contributed by atoms with van der Waals surface area (Å²) in [6.07, 6.45) is 6.30. The molecular weight excluding hydrogens is 355 g/mol. The van der Waals surface area contributed by atoms with Crippen LogP contribution >= 0.6 is 28.1 Å². The van der Waals surface area contributed by atoms with Crippen molar-refractivity contribution in [1.82, 2.24) is 5.32 Å². The second-order valence-corrected chi connectivity index (χ2v) is 6.46. The van der Waals surface area contributed by atoms with Crippen molar-refractivity contribution >= 4 is 38.9 Å². The first kappa shape index (κ1) is 16.6. The highest BCUT2D eigenvalue weighted by molar-refractivity contribution is 9.10. The van der Waals surface area contributed by atoms with Gasteiger partial charge in [0, 0.05) is 17.6 Å². The van der Waals surface area contributed by atoms with Crippen LogP contribution in [0.1, 0.15) is 32.1 Å². The molecule has 6 heteroatoms. The molecule has 1 aliphatic carbocycles. The van der Waals surface area contributed by atoms with Crippen LogP contribution in [0.15, 0.2) is 22.7 Å². The molecule has 1 saturated carbocycles. The van der Waals surface area contributed by atoms with E-state index < -0.39 is 0 Å². The molecule has 2 rings (SSSR count). The Kier molecular flexibility index (Phi) is 6.86. The van der Waals surface area contributed by atoms with Gasteiger partial charge in [-0.1, -0.05) is 28.8 Å². The second-order valence-electron chi connectivity index (χ2n) is 5.14. The Morgan fingerprint density at radius 1 is 1.38 bits per heavy atom. The van der Waals surface area contributed by atoms with Crippen LogP contribution in [0.25, 0.3) is 0 Å². The summed E-state index contributed by atoms with van der Waals surface area (Å²) in [7, 11) is 0. The highest BCUT2D eigenvalue weighted by atomic mass is 79.9. The molecule has 1 aliphatic rings. The number of rotatable bonds is 6. The van der Waals surface area contributed by atoms with Crippen molar-refractivity contribution < 1.29 is 9.13 Å². The third-order valence-corrected chi connectivity index (χ3v) is 4.18. The van der Waals surface area contributed by atoms with Gasteiger partial charge in [0.15, 0.2) is 5.11 Å². The predicted octanol–water partition coefficient (Wildman–Crippen LogP) is 4.22. The van der Waals surface area contributed by atoms with E-state index in [1.807, 2.05) is 0 Å². The summed E-state index contributed by atoms with van der Waals surface area (Å²) in [6, 6.07) is 4.82. The molecule has 0 radical (unpaired) electrons. The average Bonchev–Trinajstić information content (AvgIpc) is 2.95. The Labute approximate surface area is 138 Å². The number of nitrogens with one attached hydrogen (secondary N) is 2. The fraction of sp³-hybridized carbons (Fsp3) is 0.533. The number of ether oxygens (including phenoxy) is 1. The smallest absolute Gasteiger partial charge is 0.170 e. The molecule has 1 aromatic carbocycles. The van der Waals surface area contributed by atoms with Crippen LogP contribution in [0.3, 0.4) is 0 Å². The van der Waals surface area contributed by atoms with E-state index in [1.165, 1.54) is 31.7 Å². The molecule has 1 aromatic rings. The molecule has 0 heterocycles. The van der Waals surface area contributed by atoms with Crippen LogP contribution in [0.2, 0.25) is 0 Å². The Morgan fingerprint density at radius 2 is 2.14 bits per heavy atom. The Morgan fingerprint density at radius 3 is 2.86 bits per heavy atom. The number of halogens is 2. The first-order chi connectivity index (χ1) is 10.1. The van der Waals surface area contributed by atoms with Crippen LogP contribution in [0, 0.1) is 5.82 Å². The summed E-state index contributed by atoms with van der Waals surface area (Å²) in [6.45, 7) is 1.46. The van der Waals surface area contributed by atoms with Gasteiger partial charge in [0.1, 0.15) is 5.82 Å². The zero-order valence-electron chi connectivity index (χ0n) is 11.8. The molecule has 116 valence electrons. The molecule has 0 aromatic heterocycles. The Bertz CT molecular complexity index is 481. The zero-order valence-corrected chi connectivity index (χ0v) is 14.2. The van der Waals surface area contributed by atoms with Crippen molar-refractivity contribution in [2.75, 3.05) is 18.5 Å². The van der Waals surface area contributed by atoms with Crippen molar-refractivity contribution in [1.29, 1.82) is 0 Å². The van der Waals surface area contributed by atoms with Gasteiger partial charge in [0.25, 0.3) is 0 Å². The number of benzene rings is 1. The van der Waals surface area contributed by atoms with Gasteiger partial charge in [-0.3, -0.25) is 0 Å². The van der Waals surface area contributed by atoms with Crippen molar-refractivity contribution in [2.45, 2.75) is 38.2 Å². The summed E-state index contributed by atoms with van der Waals surface area (Å²) in [5.74, 6) is -0.335. The van der Waals surface area contributed by atoms with E-state index in [-0.39, 0.29) is 5.82 Å². The van der Waals surface area contributed by atoms with E-state index >= 15 is 0 Å². The van der Waals surface area contributed by atoms with Gasteiger partial charge in [0.05, 0.1) is 11.8 Å². The summed E-state index contributed by atoms with van der Waals surface area (Å²) in [5, 5.41) is 6.34. The molecule has 0 bridgehead atoms. The normalized spacial score (nSPS) is 15.1. The highest BCUT2D eigenvalue weighted by Gasteiger charge is 2.14. The van der Waals surface area contributed by atoms with Crippen molar-refractivity contribution in [3.05, 3.63) is 28.5 Å². The van der Waals surface area contributed by atoms with E-state index in [0.29, 0.717) is 21.4 Å². The van der Waals surface area contributed by atoms with Gasteiger partial charge in [-0.05, 0) is 49.7 Å². The lowest BCUT2D eigenvalue weighted by molar-refractivity contribution is 0.0574. The lowest BCUT2D eigenvalue weighted by Crippen LogP contribution is -2.30. The largest absolute Gasteiger partial charge is 0.378 e. The third kappa shape index (κ3) is 5.88. The molecule has 0 atom stereocenters. The molecule has 0 aliphatic heterocycles. The number of thiocarbonyl (C=S) groups is 1. The topological polar surface area (TPSA) is 33.3 Å². The lowest BCUT2D eigenvalue weighted by Gasteiger charge is -2.13. The maximum Gasteiger partial charge on any atom is 0.170 e. The molecule has 0 spiro atoms. The maximum absolute atomic E-state index is 13.6. The van der Waals surface area contributed by atoms with Crippen LogP contribution in [0.5, 0.6) is 0 Å². The molecule has 21 heavy (non-hydrogen) atoms. The number of anilines is 1. The predicted molar refractivity (Wildman–Crippen MR) is 91.1 cm³/mol. The van der Waals surface area contributed by atoms with E-state index in [2.05, 4.69) is 26.6 Å². The lowest BCUT2D eigenvalue weighted by atomic mass is 10.3. The van der Waals surface area contributed by atoms with Crippen LogP contribution in [0.4, 0.5) is 10.1 Å². The van der Waals surface area contributed by atoms with Gasteiger partial charge in [-0.15, -0.1) is 0 Å². The zero-order chi connectivity index (χ0) is 15.1. The standard InChI is InChI=1S/C15H20BrFN2OS/c16-11-6-7-14(13(17)10-11)19-15(21)18-8-3-9-20-12-4-1-2-5-12/h6-7,10,12H,1-5,8-9H2,(H2,18,19,21). The third-order valence-electron chi connectivity index (χ3n) is 3.44. The molecular formula is C15H20BrFN2OS. The minimum atomic E-state index is -0.335. The Hall–Kier alpha value is -0.720. The number of hydrogen-bond donors (Lipinski definition) is 2. The molecule has 0 amide bonds. The van der Waals surface area contributed by atoms with Crippen LogP contribution in [-0.2, 0) is 4.74 Å².